The highest BCUT2D eigenvalue weighted by Crippen LogP contribution is 2.27. The maximum atomic E-state index is 9.22. The zero-order valence-corrected chi connectivity index (χ0v) is 13.6. The van der Waals surface area contributed by atoms with E-state index in [2.05, 4.69) is 23.3 Å². The SMILES string of the molecule is CCCCOc1ccc(-n2nnc(C#N)c2C(C)(C)C)cc1. The summed E-state index contributed by atoms with van der Waals surface area (Å²) >= 11 is 0. The fourth-order valence-corrected chi connectivity index (χ4v) is 2.23. The summed E-state index contributed by atoms with van der Waals surface area (Å²) in [6.45, 7) is 9.00. The van der Waals surface area contributed by atoms with E-state index < -0.39 is 0 Å². The number of unbranched alkanes of at least 4 members (excludes halogenated alkanes) is 1. The maximum absolute atomic E-state index is 9.22. The smallest absolute Gasteiger partial charge is 0.186 e. The quantitative estimate of drug-likeness (QED) is 0.791. The minimum atomic E-state index is -0.217. The summed E-state index contributed by atoms with van der Waals surface area (Å²) in [5.74, 6) is 0.843. The van der Waals surface area contributed by atoms with Crippen molar-refractivity contribution < 1.29 is 4.74 Å². The summed E-state index contributed by atoms with van der Waals surface area (Å²) in [5, 5.41) is 17.3. The second-order valence-electron chi connectivity index (χ2n) is 6.26. The number of ether oxygens (including phenoxy) is 1. The molecule has 22 heavy (non-hydrogen) atoms. The molecule has 0 aliphatic carbocycles. The Bertz CT molecular complexity index is 659. The van der Waals surface area contributed by atoms with E-state index in [9.17, 15) is 5.26 Å². The lowest BCUT2D eigenvalue weighted by molar-refractivity contribution is 0.309. The topological polar surface area (TPSA) is 63.7 Å². The molecule has 0 aliphatic heterocycles. The van der Waals surface area contributed by atoms with Crippen molar-refractivity contribution in [2.45, 2.75) is 46.0 Å². The van der Waals surface area contributed by atoms with Crippen LogP contribution in [0, 0.1) is 11.3 Å². The molecule has 2 rings (SSSR count). The number of rotatable bonds is 5. The Labute approximate surface area is 131 Å². The third-order valence-electron chi connectivity index (χ3n) is 3.33. The number of nitrogens with zero attached hydrogens (tertiary/aromatic N) is 4. The summed E-state index contributed by atoms with van der Waals surface area (Å²) < 4.78 is 7.39. The fraction of sp³-hybridized carbons (Fsp3) is 0.471. The highest BCUT2D eigenvalue weighted by molar-refractivity contribution is 5.41. The van der Waals surface area contributed by atoms with Gasteiger partial charge in [-0.1, -0.05) is 39.3 Å². The highest BCUT2D eigenvalue weighted by atomic mass is 16.5. The molecule has 0 saturated carbocycles. The second-order valence-corrected chi connectivity index (χ2v) is 6.26. The van der Waals surface area contributed by atoms with Gasteiger partial charge in [0, 0.05) is 5.41 Å². The number of hydrogen-bond acceptors (Lipinski definition) is 4. The summed E-state index contributed by atoms with van der Waals surface area (Å²) in [6, 6.07) is 9.84. The van der Waals surface area contributed by atoms with E-state index in [0.717, 1.165) is 36.6 Å². The van der Waals surface area contributed by atoms with Crippen molar-refractivity contribution in [1.29, 1.82) is 5.26 Å². The van der Waals surface area contributed by atoms with Crippen LogP contribution in [0.15, 0.2) is 24.3 Å². The largest absolute Gasteiger partial charge is 0.494 e. The molecule has 0 radical (unpaired) electrons. The lowest BCUT2D eigenvalue weighted by Gasteiger charge is -2.19. The Morgan fingerprint density at radius 1 is 1.23 bits per heavy atom. The van der Waals surface area contributed by atoms with Crippen LogP contribution in [0.3, 0.4) is 0 Å². The first-order valence-electron chi connectivity index (χ1n) is 7.57. The molecule has 0 aliphatic rings. The normalized spacial score (nSPS) is 11.2. The van der Waals surface area contributed by atoms with E-state index in [0.29, 0.717) is 5.69 Å². The lowest BCUT2D eigenvalue weighted by atomic mass is 9.90. The molecule has 5 heteroatoms. The van der Waals surface area contributed by atoms with Gasteiger partial charge in [-0.3, -0.25) is 0 Å². The molecule has 0 saturated heterocycles. The third kappa shape index (κ3) is 3.45. The molecule has 2 aromatic rings. The van der Waals surface area contributed by atoms with Crippen LogP contribution in [0.25, 0.3) is 5.69 Å². The molecular weight excluding hydrogens is 276 g/mol. The zero-order chi connectivity index (χ0) is 16.2. The van der Waals surface area contributed by atoms with Crippen LogP contribution in [-0.4, -0.2) is 21.6 Å². The van der Waals surface area contributed by atoms with Crippen LogP contribution in [0.2, 0.25) is 0 Å². The third-order valence-corrected chi connectivity index (χ3v) is 3.33. The average Bonchev–Trinajstić information content (AvgIpc) is 2.92. The molecule has 1 heterocycles. The summed E-state index contributed by atoms with van der Waals surface area (Å²) in [6.07, 6.45) is 2.16. The molecule has 1 aromatic carbocycles. The molecule has 0 unspecified atom stereocenters. The first kappa shape index (κ1) is 16.0. The van der Waals surface area contributed by atoms with Crippen LogP contribution in [0.5, 0.6) is 5.75 Å². The van der Waals surface area contributed by atoms with Gasteiger partial charge in [0.15, 0.2) is 5.69 Å². The van der Waals surface area contributed by atoms with Crippen LogP contribution >= 0.6 is 0 Å². The molecule has 0 amide bonds. The Morgan fingerprint density at radius 2 is 1.91 bits per heavy atom. The molecule has 0 atom stereocenters. The van der Waals surface area contributed by atoms with Gasteiger partial charge in [-0.15, -0.1) is 5.10 Å². The van der Waals surface area contributed by atoms with Gasteiger partial charge >= 0.3 is 0 Å². The van der Waals surface area contributed by atoms with E-state index in [1.807, 2.05) is 45.0 Å². The Kier molecular flexibility index (Phi) is 4.81. The molecule has 116 valence electrons. The van der Waals surface area contributed by atoms with Crippen LogP contribution in [0.1, 0.15) is 51.9 Å². The Balaban J connectivity index is 2.30. The summed E-state index contributed by atoms with van der Waals surface area (Å²) in [5.41, 5.74) is 1.84. The van der Waals surface area contributed by atoms with Crippen molar-refractivity contribution >= 4 is 0 Å². The Morgan fingerprint density at radius 3 is 2.45 bits per heavy atom. The van der Waals surface area contributed by atoms with Crippen molar-refractivity contribution in [2.24, 2.45) is 0 Å². The zero-order valence-electron chi connectivity index (χ0n) is 13.6. The van der Waals surface area contributed by atoms with Crippen LogP contribution < -0.4 is 4.74 Å². The fourth-order valence-electron chi connectivity index (χ4n) is 2.23. The van der Waals surface area contributed by atoms with Gasteiger partial charge < -0.3 is 4.74 Å². The first-order valence-corrected chi connectivity index (χ1v) is 7.57. The monoisotopic (exact) mass is 298 g/mol. The van der Waals surface area contributed by atoms with Crippen LogP contribution in [0.4, 0.5) is 0 Å². The van der Waals surface area contributed by atoms with Crippen molar-refractivity contribution in [2.75, 3.05) is 6.61 Å². The number of hydrogen-bond donors (Lipinski definition) is 0. The van der Waals surface area contributed by atoms with Gasteiger partial charge in [0.25, 0.3) is 0 Å². The maximum Gasteiger partial charge on any atom is 0.186 e. The minimum Gasteiger partial charge on any atom is -0.494 e. The standard InChI is InChI=1S/C17H22N4O/c1-5-6-11-22-14-9-7-13(8-10-14)21-16(17(2,3)4)15(12-18)19-20-21/h7-10H,5-6,11H2,1-4H3. The predicted octanol–water partition coefficient (Wildman–Crippen LogP) is 3.62. The highest BCUT2D eigenvalue weighted by Gasteiger charge is 2.26. The predicted molar refractivity (Wildman–Crippen MR) is 85.2 cm³/mol. The van der Waals surface area contributed by atoms with E-state index in [4.69, 9.17) is 4.74 Å². The van der Waals surface area contributed by atoms with E-state index in [1.165, 1.54) is 0 Å². The van der Waals surface area contributed by atoms with E-state index in [1.54, 1.807) is 4.68 Å². The molecule has 0 bridgehead atoms. The van der Waals surface area contributed by atoms with Crippen molar-refractivity contribution in [3.05, 3.63) is 35.7 Å². The average molecular weight is 298 g/mol. The molecule has 5 nitrogen and oxygen atoms in total. The number of benzene rings is 1. The Hall–Kier alpha value is -2.35. The van der Waals surface area contributed by atoms with Gasteiger partial charge in [0.05, 0.1) is 18.0 Å². The van der Waals surface area contributed by atoms with E-state index in [-0.39, 0.29) is 5.41 Å². The number of aromatic nitrogens is 3. The van der Waals surface area contributed by atoms with Gasteiger partial charge in [-0.05, 0) is 30.7 Å². The van der Waals surface area contributed by atoms with Gasteiger partial charge in [0.2, 0.25) is 0 Å². The summed E-state index contributed by atoms with van der Waals surface area (Å²) in [7, 11) is 0. The van der Waals surface area contributed by atoms with Gasteiger partial charge in [0.1, 0.15) is 11.8 Å². The van der Waals surface area contributed by atoms with Gasteiger partial charge in [-0.25, -0.2) is 4.68 Å². The van der Waals surface area contributed by atoms with Crippen LogP contribution in [-0.2, 0) is 5.41 Å². The van der Waals surface area contributed by atoms with Gasteiger partial charge in [-0.2, -0.15) is 5.26 Å². The molecule has 1 aromatic heterocycles. The summed E-state index contributed by atoms with van der Waals surface area (Å²) in [4.78, 5) is 0. The molecule has 0 spiro atoms. The number of nitriles is 1. The molecule has 0 fully saturated rings. The first-order chi connectivity index (χ1) is 10.5. The van der Waals surface area contributed by atoms with E-state index >= 15 is 0 Å². The van der Waals surface area contributed by atoms with Crippen molar-refractivity contribution in [1.82, 2.24) is 15.0 Å². The lowest BCUT2D eigenvalue weighted by Crippen LogP contribution is -2.19. The molecular formula is C17H22N4O. The van der Waals surface area contributed by atoms with Crippen molar-refractivity contribution in [3.8, 4) is 17.5 Å². The second kappa shape index (κ2) is 6.61. The van der Waals surface area contributed by atoms with Crippen molar-refractivity contribution in [3.63, 3.8) is 0 Å². The molecule has 0 N–H and O–H groups in total. The minimum absolute atomic E-state index is 0.217.